The molecule has 1 aliphatic carbocycles. The van der Waals surface area contributed by atoms with E-state index in [1.807, 2.05) is 0 Å². The molecular formula is C22H43N5O13. The molecule has 2 saturated heterocycles. The summed E-state index contributed by atoms with van der Waals surface area (Å²) in [5, 5.41) is 84.9. The highest BCUT2D eigenvalue weighted by Crippen LogP contribution is 2.32. The smallest absolute Gasteiger partial charge is 0.249 e. The average Bonchev–Trinajstić information content (AvgIpc) is 2.92. The number of hydrogen-bond donors (Lipinski definition) is 13. The van der Waals surface area contributed by atoms with Crippen molar-refractivity contribution in [1.82, 2.24) is 5.32 Å². The zero-order chi connectivity index (χ0) is 29.9. The van der Waals surface area contributed by atoms with Gasteiger partial charge in [-0.15, -0.1) is 0 Å². The summed E-state index contributed by atoms with van der Waals surface area (Å²) >= 11 is 0. The number of aliphatic hydroxyl groups excluding tert-OH is 8. The predicted molar refractivity (Wildman–Crippen MR) is 131 cm³/mol. The number of carbonyl (C=O) groups is 1. The van der Waals surface area contributed by atoms with Crippen molar-refractivity contribution in [2.24, 2.45) is 22.9 Å². The topological polar surface area (TPSA) is 332 Å². The molecule has 234 valence electrons. The second kappa shape index (κ2) is 14.3. The summed E-state index contributed by atoms with van der Waals surface area (Å²) < 4.78 is 22.5. The van der Waals surface area contributed by atoms with Gasteiger partial charge in [-0.1, -0.05) is 0 Å². The lowest BCUT2D eigenvalue weighted by Gasteiger charge is -2.49. The van der Waals surface area contributed by atoms with E-state index in [2.05, 4.69) is 5.32 Å². The van der Waals surface area contributed by atoms with Crippen LogP contribution in [0.15, 0.2) is 0 Å². The molecule has 3 fully saturated rings. The van der Waals surface area contributed by atoms with Crippen LogP contribution in [0.2, 0.25) is 0 Å². The van der Waals surface area contributed by atoms with Crippen LogP contribution < -0.4 is 28.3 Å². The largest absolute Gasteiger partial charge is 0.394 e. The van der Waals surface area contributed by atoms with Gasteiger partial charge in [0.1, 0.15) is 67.1 Å². The minimum absolute atomic E-state index is 0.0101. The van der Waals surface area contributed by atoms with Crippen molar-refractivity contribution in [3.8, 4) is 0 Å². The summed E-state index contributed by atoms with van der Waals surface area (Å²) in [6, 6.07) is -3.45. The fourth-order valence-electron chi connectivity index (χ4n) is 5.07. The Balaban J connectivity index is 1.85. The Hall–Kier alpha value is -1.17. The van der Waals surface area contributed by atoms with Crippen molar-refractivity contribution in [2.75, 3.05) is 19.7 Å². The standard InChI is InChI=1S/C22H43N5O13/c23-2-1-8(29)20(36)27-7-3-6(25)18(39-22-16(34)15(33)13(31)9(4-24)37-22)17(35)19(7)40-21-14(32)11(26)12(30)10(5-28)38-21/h6-19,21-22,28-35H,1-5,23-26H2,(H,27,36)/t6-,7+,8-,9+,10+,11-,12+,13+,14+,15-,16?,17-,18+,19-,21+,22?/m0/s1. The van der Waals surface area contributed by atoms with Gasteiger partial charge in [-0.2, -0.15) is 0 Å². The molecule has 17 N–H and O–H groups in total. The van der Waals surface area contributed by atoms with Crippen LogP contribution in [-0.4, -0.2) is 164 Å². The summed E-state index contributed by atoms with van der Waals surface area (Å²) in [5.41, 5.74) is 23.1. The molecule has 0 radical (unpaired) electrons. The number of carbonyl (C=O) groups excluding carboxylic acids is 1. The van der Waals surface area contributed by atoms with E-state index in [-0.39, 0.29) is 25.9 Å². The van der Waals surface area contributed by atoms with Crippen molar-refractivity contribution in [3.63, 3.8) is 0 Å². The molecule has 2 unspecified atom stereocenters. The maximum atomic E-state index is 12.6. The molecule has 3 aliphatic rings. The predicted octanol–water partition coefficient (Wildman–Crippen LogP) is -8.42. The number of ether oxygens (including phenoxy) is 4. The van der Waals surface area contributed by atoms with Gasteiger partial charge in [0.2, 0.25) is 5.91 Å². The first-order chi connectivity index (χ1) is 18.9. The molecule has 18 nitrogen and oxygen atoms in total. The molecule has 1 saturated carbocycles. The van der Waals surface area contributed by atoms with E-state index in [1.165, 1.54) is 0 Å². The quantitative estimate of drug-likeness (QED) is 0.113. The Bertz CT molecular complexity index is 815. The van der Waals surface area contributed by atoms with Crippen LogP contribution in [0.1, 0.15) is 12.8 Å². The van der Waals surface area contributed by atoms with Gasteiger partial charge in [0.25, 0.3) is 0 Å². The van der Waals surface area contributed by atoms with E-state index < -0.39 is 110 Å². The van der Waals surface area contributed by atoms with E-state index in [0.717, 1.165) is 0 Å². The van der Waals surface area contributed by atoms with Crippen molar-refractivity contribution in [1.29, 1.82) is 0 Å². The molecule has 0 aromatic carbocycles. The van der Waals surface area contributed by atoms with Gasteiger partial charge in [-0.3, -0.25) is 4.79 Å². The number of hydrogen-bond acceptors (Lipinski definition) is 17. The second-order valence-corrected chi connectivity index (χ2v) is 10.3. The molecule has 0 aromatic rings. The lowest BCUT2D eigenvalue weighted by Crippen LogP contribution is -2.69. The molecular weight excluding hydrogens is 542 g/mol. The Kier molecular flexibility index (Phi) is 11.9. The maximum Gasteiger partial charge on any atom is 0.249 e. The number of nitrogens with one attached hydrogen (secondary N) is 1. The van der Waals surface area contributed by atoms with Crippen LogP contribution in [0.5, 0.6) is 0 Å². The molecule has 2 aliphatic heterocycles. The lowest BCUT2D eigenvalue weighted by molar-refractivity contribution is -0.332. The molecule has 16 atom stereocenters. The second-order valence-electron chi connectivity index (χ2n) is 10.3. The third-order valence-electron chi connectivity index (χ3n) is 7.51. The Morgan fingerprint density at radius 1 is 0.850 bits per heavy atom. The lowest BCUT2D eigenvalue weighted by atomic mass is 9.83. The van der Waals surface area contributed by atoms with Crippen LogP contribution in [0, 0.1) is 0 Å². The number of nitrogens with two attached hydrogens (primary N) is 4. The molecule has 3 rings (SSSR count). The highest BCUT2D eigenvalue weighted by Gasteiger charge is 2.52. The summed E-state index contributed by atoms with van der Waals surface area (Å²) in [5.74, 6) is -0.845. The fourth-order valence-corrected chi connectivity index (χ4v) is 5.07. The van der Waals surface area contributed by atoms with Gasteiger partial charge in [0.15, 0.2) is 12.6 Å². The van der Waals surface area contributed by atoms with E-state index in [1.54, 1.807) is 0 Å². The molecule has 18 heteroatoms. The summed E-state index contributed by atoms with van der Waals surface area (Å²) in [6.07, 6.45) is -19.8. The number of amides is 1. The van der Waals surface area contributed by atoms with E-state index >= 15 is 0 Å². The van der Waals surface area contributed by atoms with E-state index in [9.17, 15) is 45.6 Å². The third kappa shape index (κ3) is 7.06. The van der Waals surface area contributed by atoms with Gasteiger partial charge < -0.3 is 88.1 Å². The normalized spacial score (nSPS) is 47.0. The van der Waals surface area contributed by atoms with Crippen LogP contribution >= 0.6 is 0 Å². The zero-order valence-electron chi connectivity index (χ0n) is 21.7. The van der Waals surface area contributed by atoms with Crippen LogP contribution in [-0.2, 0) is 23.7 Å². The van der Waals surface area contributed by atoms with Gasteiger partial charge in [0.05, 0.1) is 18.7 Å². The van der Waals surface area contributed by atoms with Crippen LogP contribution in [0.25, 0.3) is 0 Å². The highest BCUT2D eigenvalue weighted by molar-refractivity contribution is 5.80. The van der Waals surface area contributed by atoms with E-state index in [0.29, 0.717) is 0 Å². The van der Waals surface area contributed by atoms with Crippen LogP contribution in [0.3, 0.4) is 0 Å². The SMILES string of the molecule is NCC[C@H](O)C(=O)N[C@@H]1C[C@H](N)[C@@H](OC2O[C@H](CN)[C@@H](O)[C@H](O)C2O)[C@H](O)[C@H]1O[C@H]1O[C@H](CO)[C@@H](O)[C@H](N)[C@H]1O. The van der Waals surface area contributed by atoms with Crippen LogP contribution in [0.4, 0.5) is 0 Å². The van der Waals surface area contributed by atoms with Gasteiger partial charge >= 0.3 is 0 Å². The first kappa shape index (κ1) is 33.3. The summed E-state index contributed by atoms with van der Waals surface area (Å²) in [7, 11) is 0. The summed E-state index contributed by atoms with van der Waals surface area (Å²) in [6.45, 7) is -0.898. The fraction of sp³-hybridized carbons (Fsp3) is 0.955. The van der Waals surface area contributed by atoms with Crippen molar-refractivity contribution >= 4 is 5.91 Å². The average molecular weight is 586 g/mol. The molecule has 2 heterocycles. The molecule has 0 aromatic heterocycles. The molecule has 40 heavy (non-hydrogen) atoms. The Morgan fingerprint density at radius 3 is 2.05 bits per heavy atom. The first-order valence-electron chi connectivity index (χ1n) is 13.1. The van der Waals surface area contributed by atoms with Crippen molar-refractivity contribution in [3.05, 3.63) is 0 Å². The van der Waals surface area contributed by atoms with Gasteiger partial charge in [0, 0.05) is 12.6 Å². The van der Waals surface area contributed by atoms with Crippen molar-refractivity contribution < 1.29 is 64.6 Å². The van der Waals surface area contributed by atoms with Crippen molar-refractivity contribution in [2.45, 2.75) is 111 Å². The number of rotatable bonds is 10. The summed E-state index contributed by atoms with van der Waals surface area (Å²) in [4.78, 5) is 12.6. The zero-order valence-corrected chi connectivity index (χ0v) is 21.7. The minimum atomic E-state index is -1.76. The van der Waals surface area contributed by atoms with Gasteiger partial charge in [-0.05, 0) is 19.4 Å². The molecule has 1 amide bonds. The minimum Gasteiger partial charge on any atom is -0.394 e. The van der Waals surface area contributed by atoms with Gasteiger partial charge in [-0.25, -0.2) is 0 Å². The Morgan fingerprint density at radius 2 is 1.45 bits per heavy atom. The first-order valence-corrected chi connectivity index (χ1v) is 13.1. The van der Waals surface area contributed by atoms with E-state index in [4.69, 9.17) is 41.9 Å². The highest BCUT2D eigenvalue weighted by atomic mass is 16.7. The monoisotopic (exact) mass is 585 g/mol. The molecule has 0 bridgehead atoms. The maximum absolute atomic E-state index is 12.6. The number of aliphatic hydroxyl groups is 8. The molecule has 0 spiro atoms. The Labute approximate surface area is 229 Å². The third-order valence-corrected chi connectivity index (χ3v) is 7.51.